The van der Waals surface area contributed by atoms with Crippen LogP contribution in [0.4, 0.5) is 14.5 Å². The molecule has 0 saturated carbocycles. The van der Waals surface area contributed by atoms with Crippen molar-refractivity contribution >= 4 is 29.3 Å². The topological polar surface area (TPSA) is 67.4 Å². The molecule has 0 aromatic heterocycles. The number of alkyl halides is 2. The Balaban J connectivity index is 2.29. The summed E-state index contributed by atoms with van der Waals surface area (Å²) >= 11 is 1.44. The largest absolute Gasteiger partial charge is 0.467 e. The number of nitrogens with one attached hydrogen (secondary N) is 2. The molecule has 0 saturated heterocycles. The monoisotopic (exact) mass is 422 g/mol. The van der Waals surface area contributed by atoms with Crippen molar-refractivity contribution in [1.29, 1.82) is 0 Å². The number of carbonyl (C=O) groups excluding carboxylic acids is 2. The second-order valence-corrected chi connectivity index (χ2v) is 7.29. The highest BCUT2D eigenvalue weighted by Gasteiger charge is 2.49. The first kappa shape index (κ1) is 22.7. The second kappa shape index (κ2) is 10.8. The van der Waals surface area contributed by atoms with Crippen molar-refractivity contribution in [2.24, 2.45) is 0 Å². The van der Waals surface area contributed by atoms with E-state index < -0.39 is 29.9 Å². The lowest BCUT2D eigenvalue weighted by atomic mass is 9.98. The van der Waals surface area contributed by atoms with Crippen molar-refractivity contribution in [1.82, 2.24) is 5.32 Å². The van der Waals surface area contributed by atoms with Gasteiger partial charge in [0.25, 0.3) is 5.91 Å². The molecule has 0 heterocycles. The first-order valence-electron chi connectivity index (χ1n) is 9.02. The maximum atomic E-state index is 15.3. The predicted octanol–water partition coefficient (Wildman–Crippen LogP) is 3.89. The lowest BCUT2D eigenvalue weighted by Crippen LogP contribution is -2.52. The number of rotatable bonds is 10. The maximum Gasteiger partial charge on any atom is 0.348 e. The van der Waals surface area contributed by atoms with Gasteiger partial charge in [-0.2, -0.15) is 20.5 Å². The molecule has 0 fully saturated rings. The van der Waals surface area contributed by atoms with Gasteiger partial charge >= 0.3 is 11.9 Å². The van der Waals surface area contributed by atoms with Crippen molar-refractivity contribution in [2.45, 2.75) is 24.4 Å². The van der Waals surface area contributed by atoms with Crippen molar-refractivity contribution in [2.75, 3.05) is 24.4 Å². The Morgan fingerprint density at radius 3 is 2.21 bits per heavy atom. The Kier molecular flexibility index (Phi) is 8.45. The fraction of sp³-hybridized carbons (Fsp3) is 0.333. The summed E-state index contributed by atoms with van der Waals surface area (Å²) in [4.78, 5) is 24.5. The lowest BCUT2D eigenvalue weighted by Gasteiger charge is -2.29. The van der Waals surface area contributed by atoms with Gasteiger partial charge in [-0.3, -0.25) is 4.79 Å². The number of anilines is 1. The van der Waals surface area contributed by atoms with E-state index in [0.29, 0.717) is 11.4 Å². The number of ether oxygens (including phenoxy) is 1. The van der Waals surface area contributed by atoms with Gasteiger partial charge in [0, 0.05) is 5.69 Å². The molecule has 0 bridgehead atoms. The molecule has 0 aliphatic heterocycles. The summed E-state index contributed by atoms with van der Waals surface area (Å²) in [5.74, 6) is -5.61. The highest BCUT2D eigenvalue weighted by Crippen LogP contribution is 2.35. The van der Waals surface area contributed by atoms with Crippen LogP contribution < -0.4 is 10.6 Å². The number of hydrogen-bond donors (Lipinski definition) is 2. The number of carbonyl (C=O) groups is 2. The van der Waals surface area contributed by atoms with E-state index in [-0.39, 0.29) is 12.0 Å². The number of para-hydroxylation sites is 1. The zero-order valence-electron chi connectivity index (χ0n) is 16.2. The van der Waals surface area contributed by atoms with Gasteiger partial charge in [0.05, 0.1) is 7.11 Å². The van der Waals surface area contributed by atoms with E-state index in [2.05, 4.69) is 15.4 Å². The SMILES string of the molecule is COC(=O)[C@H](CCSC)NC(=O)C(F)(F)C(Nc1ccccc1)c1ccccc1. The van der Waals surface area contributed by atoms with Gasteiger partial charge in [-0.1, -0.05) is 48.5 Å². The third-order valence-corrected chi connectivity index (χ3v) is 4.93. The minimum absolute atomic E-state index is 0.192. The Hall–Kier alpha value is -2.61. The van der Waals surface area contributed by atoms with Crippen molar-refractivity contribution in [3.8, 4) is 0 Å². The Morgan fingerprint density at radius 2 is 1.66 bits per heavy atom. The lowest BCUT2D eigenvalue weighted by molar-refractivity contribution is -0.154. The highest BCUT2D eigenvalue weighted by atomic mass is 32.2. The Morgan fingerprint density at radius 1 is 1.07 bits per heavy atom. The van der Waals surface area contributed by atoms with Crippen LogP contribution in [0.2, 0.25) is 0 Å². The van der Waals surface area contributed by atoms with E-state index in [1.54, 1.807) is 48.5 Å². The molecule has 1 unspecified atom stereocenters. The first-order valence-corrected chi connectivity index (χ1v) is 10.4. The molecule has 2 aromatic carbocycles. The number of benzene rings is 2. The molecular weight excluding hydrogens is 398 g/mol. The van der Waals surface area contributed by atoms with E-state index in [1.807, 2.05) is 6.26 Å². The molecule has 2 N–H and O–H groups in total. The van der Waals surface area contributed by atoms with Crippen LogP contribution in [0.1, 0.15) is 18.0 Å². The highest BCUT2D eigenvalue weighted by molar-refractivity contribution is 7.98. The van der Waals surface area contributed by atoms with E-state index in [4.69, 9.17) is 0 Å². The minimum Gasteiger partial charge on any atom is -0.467 e. The molecule has 29 heavy (non-hydrogen) atoms. The molecule has 0 spiro atoms. The molecule has 2 atom stereocenters. The van der Waals surface area contributed by atoms with Crippen molar-refractivity contribution < 1.29 is 23.1 Å². The summed E-state index contributed by atoms with van der Waals surface area (Å²) in [6, 6.07) is 13.7. The third kappa shape index (κ3) is 6.19. The summed E-state index contributed by atoms with van der Waals surface area (Å²) < 4.78 is 35.2. The van der Waals surface area contributed by atoms with Gasteiger partial charge in [-0.05, 0) is 36.1 Å². The summed E-state index contributed by atoms with van der Waals surface area (Å²) in [7, 11) is 1.16. The summed E-state index contributed by atoms with van der Waals surface area (Å²) in [5, 5.41) is 4.91. The summed E-state index contributed by atoms with van der Waals surface area (Å²) in [6.45, 7) is 0. The molecule has 5 nitrogen and oxygen atoms in total. The molecule has 1 amide bonds. The van der Waals surface area contributed by atoms with Crippen molar-refractivity contribution in [3.63, 3.8) is 0 Å². The average molecular weight is 422 g/mol. The number of hydrogen-bond acceptors (Lipinski definition) is 5. The van der Waals surface area contributed by atoms with Crippen LogP contribution in [0.5, 0.6) is 0 Å². The normalized spacial score (nSPS) is 13.2. The van der Waals surface area contributed by atoms with Crippen LogP contribution in [0.15, 0.2) is 60.7 Å². The number of amides is 1. The molecule has 2 aromatic rings. The maximum absolute atomic E-state index is 15.3. The van der Waals surface area contributed by atoms with Gasteiger partial charge < -0.3 is 15.4 Å². The van der Waals surface area contributed by atoms with Crippen LogP contribution >= 0.6 is 11.8 Å². The second-order valence-electron chi connectivity index (χ2n) is 6.31. The molecule has 8 heteroatoms. The molecule has 156 valence electrons. The van der Waals surface area contributed by atoms with E-state index in [1.165, 1.54) is 23.9 Å². The van der Waals surface area contributed by atoms with Gasteiger partial charge in [-0.15, -0.1) is 0 Å². The van der Waals surface area contributed by atoms with Crippen LogP contribution in [0, 0.1) is 0 Å². The van der Waals surface area contributed by atoms with Crippen LogP contribution in [-0.4, -0.2) is 43.0 Å². The Labute approximate surface area is 173 Å². The molecular formula is C21H24F2N2O3S. The third-order valence-electron chi connectivity index (χ3n) is 4.28. The fourth-order valence-electron chi connectivity index (χ4n) is 2.74. The van der Waals surface area contributed by atoms with Gasteiger partial charge in [0.15, 0.2) is 0 Å². The first-order chi connectivity index (χ1) is 13.9. The van der Waals surface area contributed by atoms with Crippen LogP contribution in [0.25, 0.3) is 0 Å². The average Bonchev–Trinajstić information content (AvgIpc) is 2.75. The standard InChI is InChI=1S/C21H24F2N2O3S/c1-28-19(26)17(13-14-29-2)25-20(27)21(22,23)18(15-9-5-3-6-10-15)24-16-11-7-4-8-12-16/h3-12,17-18,24H,13-14H2,1-2H3,(H,25,27)/t17-,18?/m0/s1. The predicted molar refractivity (Wildman–Crippen MR) is 111 cm³/mol. The molecule has 0 radical (unpaired) electrons. The quantitative estimate of drug-likeness (QED) is 0.569. The van der Waals surface area contributed by atoms with E-state index in [0.717, 1.165) is 7.11 Å². The Bertz CT molecular complexity index is 791. The molecule has 0 aliphatic rings. The van der Waals surface area contributed by atoms with Crippen molar-refractivity contribution in [3.05, 3.63) is 66.2 Å². The minimum atomic E-state index is -3.83. The molecule has 2 rings (SSSR count). The van der Waals surface area contributed by atoms with Gasteiger partial charge in [0.1, 0.15) is 12.1 Å². The smallest absolute Gasteiger partial charge is 0.348 e. The summed E-state index contributed by atoms with van der Waals surface area (Å²) in [6.07, 6.45) is 2.01. The fourth-order valence-corrected chi connectivity index (χ4v) is 3.21. The number of methoxy groups -OCH3 is 1. The molecule has 0 aliphatic carbocycles. The zero-order chi connectivity index (χ0) is 21.3. The van der Waals surface area contributed by atoms with E-state index in [9.17, 15) is 9.59 Å². The van der Waals surface area contributed by atoms with Crippen LogP contribution in [0.3, 0.4) is 0 Å². The number of thioether (sulfide) groups is 1. The summed E-state index contributed by atoms with van der Waals surface area (Å²) in [5.41, 5.74) is 0.691. The zero-order valence-corrected chi connectivity index (χ0v) is 17.0. The van der Waals surface area contributed by atoms with Gasteiger partial charge in [-0.25, -0.2) is 4.79 Å². The van der Waals surface area contributed by atoms with Crippen LogP contribution in [-0.2, 0) is 14.3 Å². The number of esters is 1. The van der Waals surface area contributed by atoms with Gasteiger partial charge in [0.2, 0.25) is 0 Å². The number of halogens is 2. The van der Waals surface area contributed by atoms with E-state index >= 15 is 8.78 Å².